The first-order valence-electron chi connectivity index (χ1n) is 9.50. The number of hydrogen-bond donors (Lipinski definition) is 1. The highest BCUT2D eigenvalue weighted by molar-refractivity contribution is 8.00. The van der Waals surface area contributed by atoms with Crippen LogP contribution in [-0.2, 0) is 4.79 Å². The number of nitrogens with one attached hydrogen (secondary N) is 1. The molecule has 0 aliphatic carbocycles. The lowest BCUT2D eigenvalue weighted by Crippen LogP contribution is -2.47. The van der Waals surface area contributed by atoms with E-state index in [1.807, 2.05) is 17.5 Å². The van der Waals surface area contributed by atoms with Gasteiger partial charge in [0.2, 0.25) is 5.91 Å². The SMILES string of the molecule is COc1ccc(N2CCN(c3nccnc3SCC(=O)Nc3nccs3)CC2)cc1. The summed E-state index contributed by atoms with van der Waals surface area (Å²) in [5.41, 5.74) is 1.18. The average molecular weight is 443 g/mol. The van der Waals surface area contributed by atoms with Crippen molar-refractivity contribution in [3.8, 4) is 5.75 Å². The van der Waals surface area contributed by atoms with Crippen molar-refractivity contribution in [3.63, 3.8) is 0 Å². The molecular weight excluding hydrogens is 420 g/mol. The Labute approximate surface area is 183 Å². The number of piperazine rings is 1. The molecule has 3 heterocycles. The van der Waals surface area contributed by atoms with E-state index in [-0.39, 0.29) is 11.7 Å². The van der Waals surface area contributed by atoms with Crippen LogP contribution in [0.5, 0.6) is 5.75 Å². The number of thioether (sulfide) groups is 1. The van der Waals surface area contributed by atoms with Gasteiger partial charge in [0.15, 0.2) is 10.9 Å². The number of anilines is 3. The first-order valence-corrected chi connectivity index (χ1v) is 11.4. The second-order valence-electron chi connectivity index (χ2n) is 6.53. The molecule has 1 aliphatic heterocycles. The number of benzene rings is 1. The second-order valence-corrected chi connectivity index (χ2v) is 8.39. The van der Waals surface area contributed by atoms with E-state index in [1.54, 1.807) is 25.7 Å². The molecule has 1 aliphatic rings. The third-order valence-corrected chi connectivity index (χ3v) is 6.34. The normalized spacial score (nSPS) is 13.9. The molecule has 2 aromatic heterocycles. The van der Waals surface area contributed by atoms with Crippen LogP contribution in [0.2, 0.25) is 0 Å². The van der Waals surface area contributed by atoms with Gasteiger partial charge in [-0.2, -0.15) is 0 Å². The van der Waals surface area contributed by atoms with Gasteiger partial charge in [-0.25, -0.2) is 15.0 Å². The molecule has 1 aromatic carbocycles. The summed E-state index contributed by atoms with van der Waals surface area (Å²) < 4.78 is 5.24. The molecule has 0 spiro atoms. The average Bonchev–Trinajstić information content (AvgIpc) is 3.31. The summed E-state index contributed by atoms with van der Waals surface area (Å²) >= 11 is 2.79. The highest BCUT2D eigenvalue weighted by atomic mass is 32.2. The summed E-state index contributed by atoms with van der Waals surface area (Å²) in [5, 5.41) is 6.00. The summed E-state index contributed by atoms with van der Waals surface area (Å²) in [6.07, 6.45) is 5.03. The van der Waals surface area contributed by atoms with Crippen molar-refractivity contribution in [1.82, 2.24) is 15.0 Å². The number of carbonyl (C=O) groups is 1. The Kier molecular flexibility index (Phi) is 6.65. The molecule has 0 saturated carbocycles. The van der Waals surface area contributed by atoms with Gasteiger partial charge in [-0.15, -0.1) is 11.3 Å². The summed E-state index contributed by atoms with van der Waals surface area (Å²) in [6.45, 7) is 3.45. The molecular formula is C20H22N6O2S2. The van der Waals surface area contributed by atoms with E-state index < -0.39 is 0 Å². The predicted molar refractivity (Wildman–Crippen MR) is 121 cm³/mol. The highest BCUT2D eigenvalue weighted by Gasteiger charge is 2.21. The minimum absolute atomic E-state index is 0.101. The molecule has 0 atom stereocenters. The molecule has 1 fully saturated rings. The maximum Gasteiger partial charge on any atom is 0.236 e. The summed E-state index contributed by atoms with van der Waals surface area (Å²) in [5.74, 6) is 1.85. The lowest BCUT2D eigenvalue weighted by atomic mass is 10.2. The number of nitrogens with zero attached hydrogens (tertiary/aromatic N) is 5. The van der Waals surface area contributed by atoms with Gasteiger partial charge in [-0.05, 0) is 24.3 Å². The highest BCUT2D eigenvalue weighted by Crippen LogP contribution is 2.28. The van der Waals surface area contributed by atoms with Gasteiger partial charge in [-0.3, -0.25) is 4.79 Å². The van der Waals surface area contributed by atoms with Crippen molar-refractivity contribution >= 4 is 45.6 Å². The van der Waals surface area contributed by atoms with Crippen molar-refractivity contribution in [2.45, 2.75) is 5.03 Å². The zero-order valence-corrected chi connectivity index (χ0v) is 18.2. The molecule has 1 saturated heterocycles. The van der Waals surface area contributed by atoms with Gasteiger partial charge >= 0.3 is 0 Å². The zero-order valence-electron chi connectivity index (χ0n) is 16.5. The molecule has 10 heteroatoms. The van der Waals surface area contributed by atoms with Gasteiger partial charge in [0.1, 0.15) is 10.8 Å². The monoisotopic (exact) mass is 442 g/mol. The lowest BCUT2D eigenvalue weighted by Gasteiger charge is -2.37. The number of methoxy groups -OCH3 is 1. The van der Waals surface area contributed by atoms with E-state index in [1.165, 1.54) is 28.8 Å². The molecule has 0 bridgehead atoms. The fourth-order valence-electron chi connectivity index (χ4n) is 3.18. The predicted octanol–water partition coefficient (Wildman–Crippen LogP) is 3.00. The molecule has 8 nitrogen and oxygen atoms in total. The Bertz CT molecular complexity index is 960. The first-order chi connectivity index (χ1) is 14.7. The van der Waals surface area contributed by atoms with E-state index in [0.29, 0.717) is 5.13 Å². The van der Waals surface area contributed by atoms with Crippen molar-refractivity contribution in [2.24, 2.45) is 0 Å². The Balaban J connectivity index is 1.35. The molecule has 3 aromatic rings. The van der Waals surface area contributed by atoms with Crippen molar-refractivity contribution < 1.29 is 9.53 Å². The fourth-order valence-corrected chi connectivity index (χ4v) is 4.51. The zero-order chi connectivity index (χ0) is 20.8. The number of rotatable bonds is 7. The van der Waals surface area contributed by atoms with Crippen molar-refractivity contribution in [3.05, 3.63) is 48.2 Å². The van der Waals surface area contributed by atoms with Crippen LogP contribution in [0.25, 0.3) is 0 Å². The smallest absolute Gasteiger partial charge is 0.236 e. The van der Waals surface area contributed by atoms with Crippen LogP contribution in [0, 0.1) is 0 Å². The molecule has 30 heavy (non-hydrogen) atoms. The second kappa shape index (κ2) is 9.77. The Hall–Kier alpha value is -2.85. The maximum atomic E-state index is 12.2. The van der Waals surface area contributed by atoms with Crippen LogP contribution in [0.1, 0.15) is 0 Å². The van der Waals surface area contributed by atoms with Gasteiger partial charge in [0, 0.05) is 55.8 Å². The quantitative estimate of drug-likeness (QED) is 0.559. The van der Waals surface area contributed by atoms with Crippen molar-refractivity contribution in [2.75, 3.05) is 54.2 Å². The van der Waals surface area contributed by atoms with Gasteiger partial charge in [0.25, 0.3) is 0 Å². The number of hydrogen-bond acceptors (Lipinski definition) is 9. The third-order valence-electron chi connectivity index (χ3n) is 4.68. The van der Waals surface area contributed by atoms with Gasteiger partial charge in [-0.1, -0.05) is 11.8 Å². The Morgan fingerprint density at radius 1 is 1.07 bits per heavy atom. The fraction of sp³-hybridized carbons (Fsp3) is 0.300. The number of amides is 1. The van der Waals surface area contributed by atoms with Crippen LogP contribution in [0.4, 0.5) is 16.6 Å². The summed E-state index contributed by atoms with van der Waals surface area (Å²) in [4.78, 5) is 29.8. The van der Waals surface area contributed by atoms with Crippen LogP contribution in [0.15, 0.2) is 53.3 Å². The van der Waals surface area contributed by atoms with E-state index in [0.717, 1.165) is 42.8 Å². The molecule has 156 valence electrons. The number of aromatic nitrogens is 3. The molecule has 1 N–H and O–H groups in total. The Morgan fingerprint density at radius 2 is 1.80 bits per heavy atom. The Morgan fingerprint density at radius 3 is 2.50 bits per heavy atom. The van der Waals surface area contributed by atoms with E-state index in [2.05, 4.69) is 42.2 Å². The van der Waals surface area contributed by atoms with Gasteiger partial charge in [0.05, 0.1) is 12.9 Å². The number of ether oxygens (including phenoxy) is 1. The topological polar surface area (TPSA) is 83.5 Å². The lowest BCUT2D eigenvalue weighted by molar-refractivity contribution is -0.113. The van der Waals surface area contributed by atoms with Crippen LogP contribution < -0.4 is 19.9 Å². The van der Waals surface area contributed by atoms with E-state index >= 15 is 0 Å². The van der Waals surface area contributed by atoms with Crippen LogP contribution >= 0.6 is 23.1 Å². The van der Waals surface area contributed by atoms with Crippen LogP contribution in [-0.4, -0.2) is 59.9 Å². The third kappa shape index (κ3) is 5.00. The van der Waals surface area contributed by atoms with E-state index in [9.17, 15) is 4.79 Å². The largest absolute Gasteiger partial charge is 0.497 e. The summed E-state index contributed by atoms with van der Waals surface area (Å²) in [7, 11) is 1.67. The minimum atomic E-state index is -0.101. The standard InChI is InChI=1S/C20H22N6O2S2/c1-28-16-4-2-15(3-5-16)25-9-11-26(12-10-25)18-19(22-7-6-21-18)30-14-17(27)24-20-23-8-13-29-20/h2-8,13H,9-12,14H2,1H3,(H,23,24,27). The molecule has 0 unspecified atom stereocenters. The van der Waals surface area contributed by atoms with Gasteiger partial charge < -0.3 is 19.9 Å². The van der Waals surface area contributed by atoms with Crippen molar-refractivity contribution in [1.29, 1.82) is 0 Å². The molecule has 0 radical (unpaired) electrons. The molecule has 1 amide bonds. The van der Waals surface area contributed by atoms with Crippen LogP contribution in [0.3, 0.4) is 0 Å². The maximum absolute atomic E-state index is 12.2. The first kappa shape index (κ1) is 20.4. The minimum Gasteiger partial charge on any atom is -0.497 e. The number of thiazole rings is 1. The number of carbonyl (C=O) groups excluding carboxylic acids is 1. The van der Waals surface area contributed by atoms with E-state index in [4.69, 9.17) is 4.74 Å². The summed E-state index contributed by atoms with van der Waals surface area (Å²) in [6, 6.07) is 8.13. The molecule has 4 rings (SSSR count).